The summed E-state index contributed by atoms with van der Waals surface area (Å²) in [5.41, 5.74) is 2.02. The molecule has 7 heteroatoms. The van der Waals surface area contributed by atoms with E-state index in [4.69, 9.17) is 15.3 Å². The molecule has 0 bridgehead atoms. The molecule has 16 heavy (non-hydrogen) atoms. The molecule has 1 unspecified atom stereocenters. The summed E-state index contributed by atoms with van der Waals surface area (Å²) in [7, 11) is 0. The van der Waals surface area contributed by atoms with Gasteiger partial charge in [-0.25, -0.2) is 14.6 Å². The van der Waals surface area contributed by atoms with Gasteiger partial charge >= 0.3 is 0 Å². The van der Waals surface area contributed by atoms with Crippen LogP contribution >= 0.6 is 0 Å². The third-order valence-electron chi connectivity index (χ3n) is 2.20. The van der Waals surface area contributed by atoms with Gasteiger partial charge in [-0.15, -0.1) is 0 Å². The molecule has 88 valence electrons. The molecular weight excluding hydrogens is 220 g/mol. The van der Waals surface area contributed by atoms with E-state index >= 15 is 0 Å². The number of nitrogens with one attached hydrogen (secondary N) is 1. The van der Waals surface area contributed by atoms with E-state index in [0.29, 0.717) is 25.7 Å². The van der Waals surface area contributed by atoms with E-state index < -0.39 is 11.6 Å². The van der Waals surface area contributed by atoms with Gasteiger partial charge in [-0.2, -0.15) is 4.98 Å². The highest BCUT2D eigenvalue weighted by atomic mass is 19.1. The van der Waals surface area contributed by atoms with Crippen LogP contribution < -0.4 is 16.0 Å². The van der Waals surface area contributed by atoms with Crippen LogP contribution in [-0.4, -0.2) is 24.3 Å². The molecule has 1 aliphatic rings. The zero-order chi connectivity index (χ0) is 11.5. The molecule has 0 saturated carbocycles. The van der Waals surface area contributed by atoms with Crippen molar-refractivity contribution in [3.8, 4) is 5.88 Å². The Hall–Kier alpha value is -1.47. The number of rotatable bonds is 3. The van der Waals surface area contributed by atoms with Crippen LogP contribution in [0.3, 0.4) is 0 Å². The van der Waals surface area contributed by atoms with Crippen molar-refractivity contribution in [2.45, 2.75) is 12.5 Å². The van der Waals surface area contributed by atoms with Gasteiger partial charge in [0.25, 0.3) is 5.88 Å². The number of nitrogens with two attached hydrogens (primary N) is 1. The van der Waals surface area contributed by atoms with E-state index in [-0.39, 0.29) is 17.8 Å². The predicted octanol–water partition coefficient (Wildman–Crippen LogP) is 0.813. The number of nitrogens with zero attached hydrogens (tertiary/aromatic N) is 1. The molecule has 2 heterocycles. The van der Waals surface area contributed by atoms with Crippen LogP contribution in [0.1, 0.15) is 6.42 Å². The lowest BCUT2D eigenvalue weighted by molar-refractivity contribution is 0.134. The molecular formula is C9H11F2N3O2. The second-order valence-corrected chi connectivity index (χ2v) is 3.35. The van der Waals surface area contributed by atoms with Crippen molar-refractivity contribution >= 4 is 5.82 Å². The average molecular weight is 231 g/mol. The van der Waals surface area contributed by atoms with E-state index in [2.05, 4.69) is 4.98 Å². The van der Waals surface area contributed by atoms with E-state index in [1.165, 1.54) is 0 Å². The highest BCUT2D eigenvalue weighted by molar-refractivity contribution is 5.38. The first-order valence-electron chi connectivity index (χ1n) is 4.77. The summed E-state index contributed by atoms with van der Waals surface area (Å²) in [5, 5.41) is 0. The number of ether oxygens (including phenoxy) is 2. The van der Waals surface area contributed by atoms with Gasteiger partial charge in [0.1, 0.15) is 6.10 Å². The first-order chi connectivity index (χ1) is 7.70. The molecule has 0 aliphatic carbocycles. The fourth-order valence-electron chi connectivity index (χ4n) is 1.40. The van der Waals surface area contributed by atoms with Crippen molar-refractivity contribution in [1.82, 2.24) is 4.98 Å². The Kier molecular flexibility index (Phi) is 3.16. The van der Waals surface area contributed by atoms with Crippen molar-refractivity contribution in [3.05, 3.63) is 17.7 Å². The molecule has 1 saturated heterocycles. The Morgan fingerprint density at radius 2 is 2.31 bits per heavy atom. The van der Waals surface area contributed by atoms with Crippen LogP contribution in [0, 0.1) is 11.6 Å². The standard InChI is InChI=1S/C9H11F2N3O2/c10-6-3-7(11)9(13-8(6)14-12)16-5-1-2-15-4-5/h3,5H,1-2,4,12H2,(H,13,14). The lowest BCUT2D eigenvalue weighted by Crippen LogP contribution is -2.19. The van der Waals surface area contributed by atoms with Crippen molar-refractivity contribution in [3.63, 3.8) is 0 Å². The van der Waals surface area contributed by atoms with Gasteiger partial charge in [0.15, 0.2) is 17.5 Å². The first-order valence-corrected chi connectivity index (χ1v) is 4.77. The fraction of sp³-hybridized carbons (Fsp3) is 0.444. The summed E-state index contributed by atoms with van der Waals surface area (Å²) in [4.78, 5) is 3.59. The normalized spacial score (nSPS) is 19.8. The van der Waals surface area contributed by atoms with E-state index in [0.717, 1.165) is 0 Å². The summed E-state index contributed by atoms with van der Waals surface area (Å²) in [6, 6.07) is 0.674. The number of pyridine rings is 1. The SMILES string of the molecule is NNc1nc(OC2CCOC2)c(F)cc1F. The molecule has 1 aromatic heterocycles. The second-order valence-electron chi connectivity index (χ2n) is 3.35. The highest BCUT2D eigenvalue weighted by Gasteiger charge is 2.21. The van der Waals surface area contributed by atoms with Gasteiger partial charge in [0.05, 0.1) is 13.2 Å². The quantitative estimate of drug-likeness (QED) is 0.595. The maximum Gasteiger partial charge on any atom is 0.252 e. The van der Waals surface area contributed by atoms with Crippen molar-refractivity contribution in [1.29, 1.82) is 0 Å². The van der Waals surface area contributed by atoms with Crippen LogP contribution in [0.4, 0.5) is 14.6 Å². The maximum atomic E-state index is 13.3. The molecule has 0 spiro atoms. The van der Waals surface area contributed by atoms with Crippen LogP contribution in [0.15, 0.2) is 6.07 Å². The smallest absolute Gasteiger partial charge is 0.252 e. The first kappa shape index (κ1) is 11.0. The van der Waals surface area contributed by atoms with Gasteiger partial charge in [0.2, 0.25) is 0 Å². The zero-order valence-corrected chi connectivity index (χ0v) is 8.37. The lowest BCUT2D eigenvalue weighted by atomic mass is 10.3. The molecule has 5 nitrogen and oxygen atoms in total. The summed E-state index contributed by atoms with van der Waals surface area (Å²) in [5.74, 6) is 2.77. The molecule has 1 fully saturated rings. The molecule has 1 atom stereocenters. The van der Waals surface area contributed by atoms with Crippen molar-refractivity contribution < 1.29 is 18.3 Å². The molecule has 3 N–H and O–H groups in total. The molecule has 1 aliphatic heterocycles. The minimum atomic E-state index is -0.866. The topological polar surface area (TPSA) is 69.4 Å². The van der Waals surface area contributed by atoms with Crippen LogP contribution in [0.2, 0.25) is 0 Å². The van der Waals surface area contributed by atoms with Crippen LogP contribution in [0.25, 0.3) is 0 Å². The minimum Gasteiger partial charge on any atom is -0.470 e. The monoisotopic (exact) mass is 231 g/mol. The average Bonchev–Trinajstić information content (AvgIpc) is 2.75. The van der Waals surface area contributed by atoms with Gasteiger partial charge in [0, 0.05) is 12.5 Å². The zero-order valence-electron chi connectivity index (χ0n) is 8.37. The molecule has 0 aromatic carbocycles. The molecule has 2 rings (SSSR count). The van der Waals surface area contributed by atoms with Crippen molar-refractivity contribution in [2.75, 3.05) is 18.6 Å². The fourth-order valence-corrected chi connectivity index (χ4v) is 1.40. The number of aromatic nitrogens is 1. The van der Waals surface area contributed by atoms with Crippen molar-refractivity contribution in [2.24, 2.45) is 5.84 Å². The number of hydrazine groups is 1. The second kappa shape index (κ2) is 4.58. The highest BCUT2D eigenvalue weighted by Crippen LogP contribution is 2.22. The van der Waals surface area contributed by atoms with E-state index in [1.807, 2.05) is 5.43 Å². The maximum absolute atomic E-state index is 13.3. The van der Waals surface area contributed by atoms with Gasteiger partial charge in [-0.05, 0) is 0 Å². The Morgan fingerprint density at radius 3 is 2.94 bits per heavy atom. The summed E-state index contributed by atoms with van der Waals surface area (Å²) < 4.78 is 36.6. The Labute approximate surface area is 90.5 Å². The predicted molar refractivity (Wildman–Crippen MR) is 51.8 cm³/mol. The number of hydrogen-bond donors (Lipinski definition) is 2. The van der Waals surface area contributed by atoms with Gasteiger partial charge in [-0.3, -0.25) is 0 Å². The third-order valence-corrected chi connectivity index (χ3v) is 2.20. The van der Waals surface area contributed by atoms with Gasteiger partial charge in [-0.1, -0.05) is 0 Å². The third kappa shape index (κ3) is 2.20. The summed E-state index contributed by atoms with van der Waals surface area (Å²) in [6.07, 6.45) is 0.405. The summed E-state index contributed by atoms with van der Waals surface area (Å²) in [6.45, 7) is 0.944. The number of halogens is 2. The number of anilines is 1. The number of hydrogen-bond acceptors (Lipinski definition) is 5. The van der Waals surface area contributed by atoms with E-state index in [9.17, 15) is 8.78 Å². The largest absolute Gasteiger partial charge is 0.470 e. The molecule has 0 radical (unpaired) electrons. The van der Waals surface area contributed by atoms with E-state index in [1.54, 1.807) is 0 Å². The van der Waals surface area contributed by atoms with Crippen LogP contribution in [-0.2, 0) is 4.74 Å². The minimum absolute atomic E-state index is 0.252. The molecule has 1 aromatic rings. The summed E-state index contributed by atoms with van der Waals surface area (Å²) >= 11 is 0. The van der Waals surface area contributed by atoms with Crippen LogP contribution in [0.5, 0.6) is 5.88 Å². The number of nitrogen functional groups attached to an aromatic ring is 1. The van der Waals surface area contributed by atoms with Gasteiger partial charge < -0.3 is 14.9 Å². The Bertz CT molecular complexity index is 383. The lowest BCUT2D eigenvalue weighted by Gasteiger charge is -2.12. The molecule has 0 amide bonds. The Balaban J connectivity index is 2.18. The Morgan fingerprint density at radius 1 is 1.50 bits per heavy atom.